The van der Waals surface area contributed by atoms with Gasteiger partial charge in [-0.05, 0) is 17.7 Å². The summed E-state index contributed by atoms with van der Waals surface area (Å²) in [6.45, 7) is 1.85. The van der Waals surface area contributed by atoms with Gasteiger partial charge in [-0.15, -0.1) is 10.2 Å². The summed E-state index contributed by atoms with van der Waals surface area (Å²) in [5.41, 5.74) is 1.09. The maximum Gasteiger partial charge on any atom is 0.317 e. The Kier molecular flexibility index (Phi) is 5.46. The molecule has 3 heterocycles. The van der Waals surface area contributed by atoms with Crippen LogP contribution in [0.25, 0.3) is 5.82 Å². The highest BCUT2D eigenvalue weighted by atomic mass is 16.5. The standard InChI is InChI=1S/C20H22N6O2/c27-20(21-15-16-5-2-1-3-6-16)25-13-9-17(10-14-25)28-19-8-7-18(23-24-19)26-12-4-11-22-26/h1-8,11-12,17H,9-10,13-15H2,(H,21,27). The second kappa shape index (κ2) is 8.51. The van der Waals surface area contributed by atoms with Crippen molar-refractivity contribution in [2.75, 3.05) is 13.1 Å². The molecule has 0 radical (unpaired) electrons. The lowest BCUT2D eigenvalue weighted by molar-refractivity contribution is 0.106. The van der Waals surface area contributed by atoms with Crippen molar-refractivity contribution in [3.63, 3.8) is 0 Å². The zero-order chi connectivity index (χ0) is 19.2. The molecule has 28 heavy (non-hydrogen) atoms. The van der Waals surface area contributed by atoms with E-state index in [0.717, 1.165) is 18.4 Å². The summed E-state index contributed by atoms with van der Waals surface area (Å²) in [7, 11) is 0. The molecular weight excluding hydrogens is 356 g/mol. The van der Waals surface area contributed by atoms with Crippen molar-refractivity contribution in [1.29, 1.82) is 0 Å². The maximum atomic E-state index is 12.3. The molecule has 1 aliphatic heterocycles. The minimum Gasteiger partial charge on any atom is -0.473 e. The third-order valence-corrected chi connectivity index (χ3v) is 4.67. The van der Waals surface area contributed by atoms with Gasteiger partial charge >= 0.3 is 6.03 Å². The summed E-state index contributed by atoms with van der Waals surface area (Å²) in [6.07, 6.45) is 5.06. The number of hydrogen-bond donors (Lipinski definition) is 1. The molecule has 1 aliphatic rings. The van der Waals surface area contributed by atoms with E-state index in [2.05, 4.69) is 20.6 Å². The van der Waals surface area contributed by atoms with Gasteiger partial charge in [0, 0.05) is 50.9 Å². The normalized spacial score (nSPS) is 14.6. The summed E-state index contributed by atoms with van der Waals surface area (Å²) >= 11 is 0. The van der Waals surface area contributed by atoms with Crippen molar-refractivity contribution in [1.82, 2.24) is 30.2 Å². The van der Waals surface area contributed by atoms with Crippen LogP contribution in [-0.2, 0) is 6.54 Å². The number of ether oxygens (including phenoxy) is 1. The van der Waals surface area contributed by atoms with Crippen LogP contribution in [0.1, 0.15) is 18.4 Å². The molecule has 8 nitrogen and oxygen atoms in total. The van der Waals surface area contributed by atoms with Crippen molar-refractivity contribution in [2.24, 2.45) is 0 Å². The average molecular weight is 378 g/mol. The third kappa shape index (κ3) is 4.46. The van der Waals surface area contributed by atoms with Crippen molar-refractivity contribution >= 4 is 6.03 Å². The number of nitrogens with one attached hydrogen (secondary N) is 1. The van der Waals surface area contributed by atoms with Crippen molar-refractivity contribution in [3.05, 3.63) is 66.5 Å². The molecule has 0 saturated carbocycles. The lowest BCUT2D eigenvalue weighted by Gasteiger charge is -2.31. The molecule has 0 unspecified atom stereocenters. The van der Waals surface area contributed by atoms with Crippen LogP contribution in [0.15, 0.2) is 60.9 Å². The first-order chi connectivity index (χ1) is 13.8. The molecule has 3 aromatic rings. The predicted octanol–water partition coefficient (Wildman–Crippen LogP) is 2.42. The average Bonchev–Trinajstić information content (AvgIpc) is 3.29. The predicted molar refractivity (Wildman–Crippen MR) is 103 cm³/mol. The molecule has 0 spiro atoms. The zero-order valence-corrected chi connectivity index (χ0v) is 15.4. The lowest BCUT2D eigenvalue weighted by atomic mass is 10.1. The second-order valence-electron chi connectivity index (χ2n) is 6.63. The van der Waals surface area contributed by atoms with Crippen LogP contribution in [0.4, 0.5) is 4.79 Å². The molecule has 8 heteroatoms. The van der Waals surface area contributed by atoms with Crippen LogP contribution in [0.2, 0.25) is 0 Å². The summed E-state index contributed by atoms with van der Waals surface area (Å²) in [5.74, 6) is 1.13. The van der Waals surface area contributed by atoms with Gasteiger partial charge in [-0.3, -0.25) is 0 Å². The number of aromatic nitrogens is 4. The number of amides is 2. The summed E-state index contributed by atoms with van der Waals surface area (Å²) < 4.78 is 7.57. The quantitative estimate of drug-likeness (QED) is 0.737. The minimum atomic E-state index is -0.0364. The fourth-order valence-electron chi connectivity index (χ4n) is 3.14. The number of hydrogen-bond acceptors (Lipinski definition) is 5. The number of likely N-dealkylation sites (tertiary alicyclic amines) is 1. The van der Waals surface area contributed by atoms with Crippen LogP contribution >= 0.6 is 0 Å². The first kappa shape index (κ1) is 18.0. The number of nitrogens with zero attached hydrogens (tertiary/aromatic N) is 5. The number of piperidine rings is 1. The Morgan fingerprint density at radius 2 is 1.89 bits per heavy atom. The van der Waals surface area contributed by atoms with E-state index in [-0.39, 0.29) is 12.1 Å². The zero-order valence-electron chi connectivity index (χ0n) is 15.4. The first-order valence-corrected chi connectivity index (χ1v) is 9.35. The Labute approximate surface area is 163 Å². The Bertz CT molecular complexity index is 875. The van der Waals surface area contributed by atoms with E-state index in [0.29, 0.717) is 31.3 Å². The van der Waals surface area contributed by atoms with Gasteiger partial charge in [-0.2, -0.15) is 5.10 Å². The first-order valence-electron chi connectivity index (χ1n) is 9.35. The highest BCUT2D eigenvalue weighted by Crippen LogP contribution is 2.17. The Balaban J connectivity index is 1.23. The number of carbonyl (C=O) groups excluding carboxylic acids is 1. The minimum absolute atomic E-state index is 0.0306. The van der Waals surface area contributed by atoms with Crippen LogP contribution in [0.5, 0.6) is 5.88 Å². The molecule has 1 fully saturated rings. The van der Waals surface area contributed by atoms with E-state index in [1.165, 1.54) is 0 Å². The van der Waals surface area contributed by atoms with E-state index in [1.807, 2.05) is 53.6 Å². The highest BCUT2D eigenvalue weighted by molar-refractivity contribution is 5.74. The molecule has 2 aromatic heterocycles. The molecule has 1 aromatic carbocycles. The van der Waals surface area contributed by atoms with Gasteiger partial charge in [-0.1, -0.05) is 30.3 Å². The third-order valence-electron chi connectivity index (χ3n) is 4.67. The summed E-state index contributed by atoms with van der Waals surface area (Å²) in [5, 5.41) is 15.3. The molecule has 0 bridgehead atoms. The van der Waals surface area contributed by atoms with Crippen molar-refractivity contribution in [2.45, 2.75) is 25.5 Å². The van der Waals surface area contributed by atoms with Gasteiger partial charge < -0.3 is 15.0 Å². The Hall–Kier alpha value is -3.42. The smallest absolute Gasteiger partial charge is 0.317 e. The number of rotatable bonds is 5. The molecule has 1 N–H and O–H groups in total. The van der Waals surface area contributed by atoms with Gasteiger partial charge in [0.25, 0.3) is 0 Å². The van der Waals surface area contributed by atoms with Gasteiger partial charge in [0.1, 0.15) is 6.10 Å². The summed E-state index contributed by atoms with van der Waals surface area (Å²) in [4.78, 5) is 14.2. The van der Waals surface area contributed by atoms with Crippen LogP contribution in [0, 0.1) is 0 Å². The van der Waals surface area contributed by atoms with E-state index >= 15 is 0 Å². The van der Waals surface area contributed by atoms with Crippen molar-refractivity contribution in [3.8, 4) is 11.7 Å². The van der Waals surface area contributed by atoms with Crippen LogP contribution < -0.4 is 10.1 Å². The molecular formula is C20H22N6O2. The van der Waals surface area contributed by atoms with Crippen molar-refractivity contribution < 1.29 is 9.53 Å². The van der Waals surface area contributed by atoms with E-state index in [9.17, 15) is 4.79 Å². The largest absolute Gasteiger partial charge is 0.473 e. The summed E-state index contributed by atoms with van der Waals surface area (Å²) in [6, 6.07) is 15.3. The molecule has 144 valence electrons. The molecule has 0 atom stereocenters. The van der Waals surface area contributed by atoms with E-state index < -0.39 is 0 Å². The van der Waals surface area contributed by atoms with Gasteiger partial charge in [0.2, 0.25) is 5.88 Å². The SMILES string of the molecule is O=C(NCc1ccccc1)N1CCC(Oc2ccc(-n3cccn3)nn2)CC1. The highest BCUT2D eigenvalue weighted by Gasteiger charge is 2.24. The molecule has 2 amide bonds. The lowest BCUT2D eigenvalue weighted by Crippen LogP contribution is -2.46. The van der Waals surface area contributed by atoms with Crippen LogP contribution in [0.3, 0.4) is 0 Å². The molecule has 4 rings (SSSR count). The maximum absolute atomic E-state index is 12.3. The fourth-order valence-corrected chi connectivity index (χ4v) is 3.14. The van der Waals surface area contributed by atoms with Gasteiger partial charge in [0.15, 0.2) is 5.82 Å². The Morgan fingerprint density at radius 3 is 2.57 bits per heavy atom. The Morgan fingerprint density at radius 1 is 1.07 bits per heavy atom. The monoisotopic (exact) mass is 378 g/mol. The molecule has 0 aliphatic carbocycles. The number of urea groups is 1. The van der Waals surface area contributed by atoms with E-state index in [1.54, 1.807) is 16.9 Å². The van der Waals surface area contributed by atoms with Crippen LogP contribution in [-0.4, -0.2) is 50.1 Å². The fraction of sp³-hybridized carbons (Fsp3) is 0.300. The van der Waals surface area contributed by atoms with Gasteiger partial charge in [-0.25, -0.2) is 9.48 Å². The number of benzene rings is 1. The number of carbonyl (C=O) groups is 1. The molecule has 1 saturated heterocycles. The van der Waals surface area contributed by atoms with Gasteiger partial charge in [0.05, 0.1) is 0 Å². The second-order valence-corrected chi connectivity index (χ2v) is 6.63. The van der Waals surface area contributed by atoms with E-state index in [4.69, 9.17) is 4.74 Å². The topological polar surface area (TPSA) is 85.2 Å².